The van der Waals surface area contributed by atoms with Gasteiger partial charge >= 0.3 is 21.4 Å². The summed E-state index contributed by atoms with van der Waals surface area (Å²) in [6, 6.07) is 25.5. The van der Waals surface area contributed by atoms with Crippen molar-refractivity contribution in [3.8, 4) is 0 Å². The van der Waals surface area contributed by atoms with Gasteiger partial charge in [-0.2, -0.15) is 0 Å². The zero-order valence-corrected chi connectivity index (χ0v) is 43.5. The second kappa shape index (κ2) is 19.8. The van der Waals surface area contributed by atoms with Crippen molar-refractivity contribution >= 4 is 54.9 Å². The quantitative estimate of drug-likeness (QED) is 0.248. The monoisotopic (exact) mass is 917 g/mol. The highest BCUT2D eigenvalue weighted by molar-refractivity contribution is 6.63. The van der Waals surface area contributed by atoms with Gasteiger partial charge in [-0.15, -0.1) is 0 Å². The van der Waals surface area contributed by atoms with Crippen LogP contribution >= 0.6 is 0 Å². The van der Waals surface area contributed by atoms with Crippen LogP contribution in [0.3, 0.4) is 0 Å². The Balaban J connectivity index is 0.000000149. The lowest BCUT2D eigenvalue weighted by atomic mass is 9.77. The Labute approximate surface area is 404 Å². The van der Waals surface area contributed by atoms with Crippen LogP contribution in [0.2, 0.25) is 0 Å². The smallest absolute Gasteiger partial charge is 0.399 e. The van der Waals surface area contributed by atoms with Gasteiger partial charge in [0, 0.05) is 31.9 Å². The fraction of sp³-hybridized carbons (Fsp3) is 0.604. The van der Waals surface area contributed by atoms with Crippen molar-refractivity contribution in [1.29, 1.82) is 0 Å². The van der Waals surface area contributed by atoms with Crippen LogP contribution in [0.5, 0.6) is 0 Å². The van der Waals surface area contributed by atoms with Gasteiger partial charge in [0.05, 0.1) is 40.2 Å². The second-order valence-electron chi connectivity index (χ2n) is 22.7. The Morgan fingerprint density at radius 2 is 0.881 bits per heavy atom. The van der Waals surface area contributed by atoms with Crippen LogP contribution in [-0.2, 0) is 32.7 Å². The molecule has 5 fully saturated rings. The summed E-state index contributed by atoms with van der Waals surface area (Å²) in [5, 5.41) is 0. The Kier molecular flexibility index (Phi) is 15.3. The Morgan fingerprint density at radius 3 is 1.27 bits per heavy atom. The lowest BCUT2D eigenvalue weighted by Gasteiger charge is -2.32. The number of rotatable bonds is 6. The number of piperidine rings is 1. The van der Waals surface area contributed by atoms with Gasteiger partial charge in [-0.3, -0.25) is 9.69 Å². The molecule has 0 radical (unpaired) electrons. The van der Waals surface area contributed by atoms with E-state index in [1.54, 1.807) is 0 Å². The van der Waals surface area contributed by atoms with Crippen LogP contribution < -0.4 is 21.3 Å². The zero-order chi connectivity index (χ0) is 48.7. The second-order valence-corrected chi connectivity index (χ2v) is 22.7. The van der Waals surface area contributed by atoms with Crippen molar-refractivity contribution in [3.63, 3.8) is 0 Å². The van der Waals surface area contributed by atoms with Crippen LogP contribution in [0.25, 0.3) is 5.57 Å². The molecule has 0 unspecified atom stereocenters. The van der Waals surface area contributed by atoms with E-state index < -0.39 is 0 Å². The molecule has 0 N–H and O–H groups in total. The van der Waals surface area contributed by atoms with E-state index in [0.717, 1.165) is 54.7 Å². The molecule has 0 aromatic heterocycles. The molecule has 362 valence electrons. The summed E-state index contributed by atoms with van der Waals surface area (Å²) >= 11 is 0. The number of hydrogen-bond donors (Lipinski definition) is 0. The summed E-state index contributed by atoms with van der Waals surface area (Å²) in [5.74, 6) is 0.839. The lowest BCUT2D eigenvalue weighted by molar-refractivity contribution is -0.120. The first-order chi connectivity index (χ1) is 31.3. The number of carbonyl (C=O) groups is 1. The third kappa shape index (κ3) is 11.7. The Hall–Kier alpha value is -3.30. The Morgan fingerprint density at radius 1 is 0.478 bits per heavy atom. The predicted molar refractivity (Wildman–Crippen MR) is 276 cm³/mol. The summed E-state index contributed by atoms with van der Waals surface area (Å²) in [6.45, 7) is 31.6. The topological polar surface area (TPSA) is 85.4 Å². The highest BCUT2D eigenvalue weighted by Crippen LogP contribution is 2.39. The number of carbonyl (C=O) groups excluding carboxylic acids is 1. The largest absolute Gasteiger partial charge is 0.494 e. The number of hydrogen-bond acceptors (Lipinski definition) is 10. The maximum absolute atomic E-state index is 12.2. The molecule has 3 aromatic carbocycles. The van der Waals surface area contributed by atoms with E-state index >= 15 is 0 Å². The van der Waals surface area contributed by atoms with Gasteiger partial charge in [0.15, 0.2) is 0 Å². The molecular weight excluding hydrogens is 837 g/mol. The van der Waals surface area contributed by atoms with Crippen LogP contribution in [0.1, 0.15) is 119 Å². The van der Waals surface area contributed by atoms with Crippen molar-refractivity contribution in [2.45, 2.75) is 142 Å². The minimum absolute atomic E-state index is 0.141. The van der Waals surface area contributed by atoms with E-state index in [0.29, 0.717) is 12.5 Å². The molecule has 0 bridgehead atoms. The molecule has 6 aliphatic rings. The summed E-state index contributed by atoms with van der Waals surface area (Å²) < 4.78 is 36.6. The molecule has 0 aliphatic carbocycles. The third-order valence-electron chi connectivity index (χ3n) is 16.0. The van der Waals surface area contributed by atoms with Crippen LogP contribution in [-0.4, -0.2) is 143 Å². The minimum Gasteiger partial charge on any atom is -0.399 e. The van der Waals surface area contributed by atoms with Crippen LogP contribution in [0.15, 0.2) is 78.9 Å². The SMILES string of the molecule is CN1CC=C(c2ccc(B3OC(C)(C)C(C)(C)O3)cc2)CC1.CN1CCC(c2ccc(B3OC(C)(C)C(C)(C)O3)cc2)CC1.CN1CCN(c2ccc(B3OC(C)(C)C(C)(C)O3)cc2)C(=O)C1. The molecule has 6 aliphatic heterocycles. The predicted octanol–water partition coefficient (Wildman–Crippen LogP) is 6.76. The van der Waals surface area contributed by atoms with Crippen molar-refractivity contribution in [1.82, 2.24) is 14.7 Å². The van der Waals surface area contributed by atoms with E-state index in [-0.39, 0.29) is 60.9 Å². The van der Waals surface area contributed by atoms with Gasteiger partial charge in [0.1, 0.15) is 0 Å². The number of piperazine rings is 1. The van der Waals surface area contributed by atoms with E-state index in [4.69, 9.17) is 27.9 Å². The molecule has 3 aromatic rings. The number of amides is 1. The molecule has 11 nitrogen and oxygen atoms in total. The van der Waals surface area contributed by atoms with Crippen molar-refractivity contribution in [3.05, 3.63) is 90.0 Å². The van der Waals surface area contributed by atoms with E-state index in [9.17, 15) is 4.79 Å². The van der Waals surface area contributed by atoms with Gasteiger partial charge in [0.2, 0.25) is 5.91 Å². The minimum atomic E-state index is -0.364. The number of nitrogens with zero attached hydrogens (tertiary/aromatic N) is 4. The van der Waals surface area contributed by atoms with Crippen LogP contribution in [0, 0.1) is 0 Å². The molecule has 5 saturated heterocycles. The van der Waals surface area contributed by atoms with Gasteiger partial charge in [-0.05, 0) is 188 Å². The molecule has 0 atom stereocenters. The molecule has 67 heavy (non-hydrogen) atoms. The normalized spacial score (nSPS) is 24.8. The number of likely N-dealkylation sites (tertiary alicyclic amines) is 1. The fourth-order valence-corrected chi connectivity index (χ4v) is 8.97. The van der Waals surface area contributed by atoms with E-state index in [1.807, 2.05) is 68.8 Å². The zero-order valence-electron chi connectivity index (χ0n) is 43.5. The average Bonchev–Trinajstić information content (AvgIpc) is 3.74. The van der Waals surface area contributed by atoms with Gasteiger partial charge in [-0.25, -0.2) is 0 Å². The Bertz CT molecular complexity index is 2140. The van der Waals surface area contributed by atoms with Crippen molar-refractivity contribution in [2.24, 2.45) is 0 Å². The average molecular weight is 917 g/mol. The first kappa shape index (κ1) is 51.6. The maximum Gasteiger partial charge on any atom is 0.494 e. The fourth-order valence-electron chi connectivity index (χ4n) is 8.97. The first-order valence-electron chi connectivity index (χ1n) is 24.7. The molecule has 6 heterocycles. The number of benzene rings is 3. The summed E-state index contributed by atoms with van der Waals surface area (Å²) in [5.41, 5.74) is 6.53. The van der Waals surface area contributed by atoms with Gasteiger partial charge in [0.25, 0.3) is 0 Å². The van der Waals surface area contributed by atoms with Gasteiger partial charge in [-0.1, -0.05) is 66.7 Å². The highest BCUT2D eigenvalue weighted by atomic mass is 16.7. The summed E-state index contributed by atoms with van der Waals surface area (Å²) in [6.07, 6.45) is 5.96. The van der Waals surface area contributed by atoms with Crippen LogP contribution in [0.4, 0.5) is 5.69 Å². The van der Waals surface area contributed by atoms with Crippen molar-refractivity contribution < 1.29 is 32.7 Å². The molecule has 0 spiro atoms. The number of likely N-dealkylation sites (N-methyl/N-ethyl adjacent to an activating group) is 2. The van der Waals surface area contributed by atoms with Gasteiger partial charge < -0.3 is 42.6 Å². The highest BCUT2D eigenvalue weighted by Gasteiger charge is 2.53. The molecule has 0 saturated carbocycles. The molecular formula is C53H79B3N4O7. The number of anilines is 1. The molecule has 9 rings (SSSR count). The molecule has 14 heteroatoms. The van der Waals surface area contributed by atoms with Crippen molar-refractivity contribution in [2.75, 3.05) is 71.9 Å². The first-order valence-corrected chi connectivity index (χ1v) is 24.7. The lowest BCUT2D eigenvalue weighted by Crippen LogP contribution is -2.49. The van der Waals surface area contributed by atoms with E-state index in [1.165, 1.54) is 42.6 Å². The van der Waals surface area contributed by atoms with E-state index in [2.05, 4.69) is 134 Å². The summed E-state index contributed by atoms with van der Waals surface area (Å²) in [4.78, 5) is 20.8. The standard InChI is InChI=1S/C18H28BNO2.C18H26BNO2.C17H25BN2O3/c2*1-17(2)18(3,4)22-19(21-17)16-8-6-14(7-9-16)15-10-12-20(5)13-11-15;1-16(2)17(3,4)23-18(22-16)13-6-8-14(9-7-13)20-11-10-19(5)12-15(20)21/h6-9,15H,10-13H2,1-5H3;6-10H,11-13H2,1-5H3;6-9H,10-12H2,1-5H3. The summed E-state index contributed by atoms with van der Waals surface area (Å²) in [7, 11) is 5.45. The third-order valence-corrected chi connectivity index (χ3v) is 16.0. The molecule has 1 amide bonds. The maximum atomic E-state index is 12.2.